The summed E-state index contributed by atoms with van der Waals surface area (Å²) in [5.74, 6) is -1.72. The third-order valence-corrected chi connectivity index (χ3v) is 3.96. The van der Waals surface area contributed by atoms with Crippen LogP contribution in [0.5, 0.6) is 0 Å². The maximum atomic E-state index is 13.9. The molecule has 0 atom stereocenters. The lowest BCUT2D eigenvalue weighted by Crippen LogP contribution is -2.44. The fraction of sp³-hybridized carbons (Fsp3) is 0.333. The topological polar surface area (TPSA) is 76.6 Å². The van der Waals surface area contributed by atoms with Crippen molar-refractivity contribution in [3.05, 3.63) is 39.9 Å². The molecule has 1 saturated heterocycles. The van der Waals surface area contributed by atoms with Gasteiger partial charge in [0, 0.05) is 32.2 Å². The number of carbonyl (C=O) groups is 1. The monoisotopic (exact) mass is 305 g/mol. The number of nitrogens with zero attached hydrogens (tertiary/aromatic N) is 2. The van der Waals surface area contributed by atoms with Gasteiger partial charge >= 0.3 is 5.97 Å². The number of aromatic nitrogens is 1. The number of pyridine rings is 1. The Kier molecular flexibility index (Phi) is 3.58. The van der Waals surface area contributed by atoms with Gasteiger partial charge in [-0.05, 0) is 19.2 Å². The lowest BCUT2D eigenvalue weighted by molar-refractivity contribution is 0.0691. The maximum Gasteiger partial charge on any atom is 0.352 e. The van der Waals surface area contributed by atoms with Gasteiger partial charge in [0.2, 0.25) is 0 Å². The zero-order valence-corrected chi connectivity index (χ0v) is 12.1. The Balaban J connectivity index is 2.20. The van der Waals surface area contributed by atoms with Crippen molar-refractivity contribution in [2.24, 2.45) is 0 Å². The first kappa shape index (κ1) is 14.5. The van der Waals surface area contributed by atoms with E-state index in [-0.39, 0.29) is 11.1 Å². The molecule has 22 heavy (non-hydrogen) atoms. The highest BCUT2D eigenvalue weighted by Gasteiger charge is 2.19. The molecule has 3 rings (SSSR count). The predicted molar refractivity (Wildman–Crippen MR) is 81.2 cm³/mol. The number of aromatic carboxylic acids is 1. The van der Waals surface area contributed by atoms with Gasteiger partial charge in [0.15, 0.2) is 5.43 Å². The first-order valence-corrected chi connectivity index (χ1v) is 6.99. The summed E-state index contributed by atoms with van der Waals surface area (Å²) in [6.45, 7) is 3.02. The van der Waals surface area contributed by atoms with E-state index in [0.29, 0.717) is 24.3 Å². The highest BCUT2D eigenvalue weighted by molar-refractivity contribution is 5.95. The van der Waals surface area contributed by atoms with E-state index in [9.17, 15) is 14.0 Å². The second-order valence-electron chi connectivity index (χ2n) is 5.49. The van der Waals surface area contributed by atoms with E-state index in [0.717, 1.165) is 25.2 Å². The van der Waals surface area contributed by atoms with E-state index in [4.69, 9.17) is 5.11 Å². The molecule has 0 radical (unpaired) electrons. The van der Waals surface area contributed by atoms with Crippen molar-refractivity contribution < 1.29 is 14.3 Å². The molecule has 6 nitrogen and oxygen atoms in total. The van der Waals surface area contributed by atoms with Crippen LogP contribution in [0.25, 0.3) is 10.9 Å². The Labute approximate surface area is 125 Å². The smallest absolute Gasteiger partial charge is 0.352 e. The van der Waals surface area contributed by atoms with Gasteiger partial charge in [0.25, 0.3) is 0 Å². The number of benzene rings is 1. The number of nitrogens with one attached hydrogen (secondary N) is 1. The number of hydrogen-bond acceptors (Lipinski definition) is 4. The first-order chi connectivity index (χ1) is 10.5. The van der Waals surface area contributed by atoms with Crippen LogP contribution >= 0.6 is 0 Å². The molecule has 2 heterocycles. The lowest BCUT2D eigenvalue weighted by Gasteiger charge is -2.34. The van der Waals surface area contributed by atoms with Crippen molar-refractivity contribution >= 4 is 22.6 Å². The van der Waals surface area contributed by atoms with Crippen LogP contribution in [0.3, 0.4) is 0 Å². The predicted octanol–water partition coefficient (Wildman–Crippen LogP) is 1.12. The molecule has 1 aliphatic heterocycles. The molecule has 7 heteroatoms. The molecule has 2 aromatic rings. The highest BCUT2D eigenvalue weighted by Crippen LogP contribution is 2.26. The summed E-state index contributed by atoms with van der Waals surface area (Å²) in [6.07, 6.45) is 0. The van der Waals surface area contributed by atoms with Crippen molar-refractivity contribution in [3.63, 3.8) is 0 Å². The Morgan fingerprint density at radius 1 is 1.23 bits per heavy atom. The largest absolute Gasteiger partial charge is 0.477 e. The quantitative estimate of drug-likeness (QED) is 0.869. The molecular formula is C15H16FN3O3. The first-order valence-electron chi connectivity index (χ1n) is 6.99. The number of carboxylic acids is 1. The summed E-state index contributed by atoms with van der Waals surface area (Å²) in [4.78, 5) is 30.1. The maximum absolute atomic E-state index is 13.9. The minimum Gasteiger partial charge on any atom is -0.477 e. The summed E-state index contributed by atoms with van der Waals surface area (Å²) < 4.78 is 13.9. The van der Waals surface area contributed by atoms with Crippen molar-refractivity contribution in [1.29, 1.82) is 0 Å². The molecule has 0 saturated carbocycles. The third-order valence-electron chi connectivity index (χ3n) is 3.96. The zero-order valence-electron chi connectivity index (χ0n) is 12.1. The highest BCUT2D eigenvalue weighted by atomic mass is 19.1. The summed E-state index contributed by atoms with van der Waals surface area (Å²) >= 11 is 0. The van der Waals surface area contributed by atoms with Crippen LogP contribution in [-0.2, 0) is 0 Å². The standard InChI is InChI=1S/C15H16FN3O3/c1-18-2-4-19(5-3-18)12-7-9(16)6-10-13(20)8-11(15(21)22)17-14(10)12/h6-8H,2-5H2,1H3,(H,17,20)(H,21,22). The third kappa shape index (κ3) is 2.55. The van der Waals surface area contributed by atoms with Gasteiger partial charge in [-0.1, -0.05) is 0 Å². The van der Waals surface area contributed by atoms with E-state index in [1.165, 1.54) is 6.07 Å². The number of halogens is 1. The Hall–Kier alpha value is -2.41. The fourth-order valence-corrected chi connectivity index (χ4v) is 2.71. The Morgan fingerprint density at radius 3 is 2.55 bits per heavy atom. The normalized spacial score (nSPS) is 16.2. The van der Waals surface area contributed by atoms with E-state index in [1.807, 2.05) is 11.9 Å². The molecule has 0 aliphatic carbocycles. The number of likely N-dealkylation sites (N-methyl/N-ethyl adjacent to an activating group) is 1. The zero-order chi connectivity index (χ0) is 15.9. The number of carboxylic acid groups (broad SMARTS) is 1. The number of H-pyrrole nitrogens is 1. The van der Waals surface area contributed by atoms with Gasteiger partial charge in [0.1, 0.15) is 11.5 Å². The Bertz CT molecular complexity index is 794. The van der Waals surface area contributed by atoms with Crippen LogP contribution in [0.1, 0.15) is 10.5 Å². The van der Waals surface area contributed by atoms with Crippen molar-refractivity contribution in [3.8, 4) is 0 Å². The molecule has 0 bridgehead atoms. The van der Waals surface area contributed by atoms with E-state index < -0.39 is 17.2 Å². The van der Waals surface area contributed by atoms with Crippen LogP contribution in [-0.4, -0.2) is 54.2 Å². The van der Waals surface area contributed by atoms with Gasteiger partial charge in [-0.3, -0.25) is 4.79 Å². The van der Waals surface area contributed by atoms with Gasteiger partial charge in [-0.25, -0.2) is 9.18 Å². The van der Waals surface area contributed by atoms with Crippen molar-refractivity contribution in [1.82, 2.24) is 9.88 Å². The summed E-state index contributed by atoms with van der Waals surface area (Å²) in [6, 6.07) is 3.46. The number of piperazine rings is 1. The van der Waals surface area contributed by atoms with Crippen LogP contribution in [0.2, 0.25) is 0 Å². The van der Waals surface area contributed by atoms with Gasteiger partial charge < -0.3 is 19.9 Å². The average Bonchev–Trinajstić information content (AvgIpc) is 2.48. The van der Waals surface area contributed by atoms with E-state index >= 15 is 0 Å². The summed E-state index contributed by atoms with van der Waals surface area (Å²) in [7, 11) is 2.01. The molecule has 1 fully saturated rings. The molecular weight excluding hydrogens is 289 g/mol. The minimum absolute atomic E-state index is 0.166. The number of hydrogen-bond donors (Lipinski definition) is 2. The number of rotatable bonds is 2. The van der Waals surface area contributed by atoms with Gasteiger partial charge in [-0.15, -0.1) is 0 Å². The second-order valence-corrected chi connectivity index (χ2v) is 5.49. The molecule has 0 unspecified atom stereocenters. The van der Waals surface area contributed by atoms with Crippen LogP contribution < -0.4 is 10.3 Å². The van der Waals surface area contributed by atoms with Crippen LogP contribution in [0.4, 0.5) is 10.1 Å². The number of aromatic amines is 1. The number of fused-ring (bicyclic) bond motifs is 1. The SMILES string of the molecule is CN1CCN(c2cc(F)cc3c(=O)cc(C(=O)O)[nH]c23)CC1. The minimum atomic E-state index is -1.22. The molecule has 2 N–H and O–H groups in total. The fourth-order valence-electron chi connectivity index (χ4n) is 2.71. The summed E-state index contributed by atoms with van der Waals surface area (Å²) in [5.41, 5.74) is 0.208. The van der Waals surface area contributed by atoms with E-state index in [2.05, 4.69) is 9.88 Å². The van der Waals surface area contributed by atoms with Gasteiger partial charge in [0.05, 0.1) is 16.6 Å². The van der Waals surface area contributed by atoms with Crippen molar-refractivity contribution in [2.75, 3.05) is 38.1 Å². The van der Waals surface area contributed by atoms with Crippen LogP contribution in [0, 0.1) is 5.82 Å². The average molecular weight is 305 g/mol. The lowest BCUT2D eigenvalue weighted by atomic mass is 10.1. The molecule has 0 spiro atoms. The summed E-state index contributed by atoms with van der Waals surface area (Å²) in [5, 5.41) is 9.26. The molecule has 1 aromatic heterocycles. The second kappa shape index (κ2) is 5.42. The van der Waals surface area contributed by atoms with E-state index in [1.54, 1.807) is 0 Å². The number of anilines is 1. The Morgan fingerprint density at radius 2 is 1.91 bits per heavy atom. The molecule has 116 valence electrons. The van der Waals surface area contributed by atoms with Crippen molar-refractivity contribution in [2.45, 2.75) is 0 Å². The molecule has 0 amide bonds. The molecule has 1 aromatic carbocycles. The van der Waals surface area contributed by atoms with Gasteiger partial charge in [-0.2, -0.15) is 0 Å². The van der Waals surface area contributed by atoms with Crippen LogP contribution in [0.15, 0.2) is 23.0 Å². The molecule has 1 aliphatic rings.